The second-order valence-corrected chi connectivity index (χ2v) is 4.06. The fraction of sp³-hybridized carbons (Fsp3) is 0.538. The number of benzene rings is 1. The van der Waals surface area contributed by atoms with Crippen molar-refractivity contribution in [3.05, 3.63) is 24.3 Å². The Bertz CT molecular complexity index is 344. The van der Waals surface area contributed by atoms with E-state index in [0.717, 1.165) is 37.7 Å². The first kappa shape index (κ1) is 12.2. The van der Waals surface area contributed by atoms with Crippen molar-refractivity contribution < 1.29 is 9.47 Å². The Kier molecular flexibility index (Phi) is 4.64. The van der Waals surface area contributed by atoms with Gasteiger partial charge in [0.05, 0.1) is 0 Å². The molecule has 0 saturated heterocycles. The number of rotatable bonds is 6. The van der Waals surface area contributed by atoms with Gasteiger partial charge in [-0.25, -0.2) is 0 Å². The molecule has 0 radical (unpaired) electrons. The van der Waals surface area contributed by atoms with Crippen LogP contribution in [0.25, 0.3) is 0 Å². The summed E-state index contributed by atoms with van der Waals surface area (Å²) in [5.74, 6) is 1.69. The average Bonchev–Trinajstić information content (AvgIpc) is 2.38. The highest BCUT2D eigenvalue weighted by Gasteiger charge is 2.19. The summed E-state index contributed by atoms with van der Waals surface area (Å²) in [5.41, 5.74) is 0. The smallest absolute Gasteiger partial charge is 0.161 e. The van der Waals surface area contributed by atoms with E-state index in [0.29, 0.717) is 6.61 Å². The number of para-hydroxylation sites is 2. The minimum absolute atomic E-state index is 0.103. The molecule has 1 aliphatic heterocycles. The van der Waals surface area contributed by atoms with Gasteiger partial charge in [0.25, 0.3) is 0 Å². The van der Waals surface area contributed by atoms with Gasteiger partial charge >= 0.3 is 0 Å². The molecule has 2 rings (SSSR count). The summed E-state index contributed by atoms with van der Waals surface area (Å²) in [6.45, 7) is 6.49. The van der Waals surface area contributed by atoms with Gasteiger partial charge in [0, 0.05) is 19.6 Å². The van der Waals surface area contributed by atoms with Gasteiger partial charge in [-0.2, -0.15) is 0 Å². The Hall–Kier alpha value is -1.26. The molecule has 4 heteroatoms. The first-order chi connectivity index (χ1) is 8.40. The number of hydrogen-bond acceptors (Lipinski definition) is 4. The molecule has 1 heterocycles. The lowest BCUT2D eigenvalue weighted by molar-refractivity contribution is 0.0906. The summed E-state index contributed by atoms with van der Waals surface area (Å²) in [6.07, 6.45) is 0.103. The van der Waals surface area contributed by atoms with Gasteiger partial charge in [-0.3, -0.25) is 0 Å². The predicted octanol–water partition coefficient (Wildman–Crippen LogP) is 1.03. The van der Waals surface area contributed by atoms with E-state index in [1.165, 1.54) is 0 Å². The monoisotopic (exact) mass is 236 g/mol. The van der Waals surface area contributed by atoms with Gasteiger partial charge in [0.1, 0.15) is 12.7 Å². The number of fused-ring (bicyclic) bond motifs is 1. The van der Waals surface area contributed by atoms with Crippen molar-refractivity contribution in [1.82, 2.24) is 10.6 Å². The molecule has 0 aliphatic carbocycles. The van der Waals surface area contributed by atoms with Crippen LogP contribution in [-0.2, 0) is 0 Å². The number of ether oxygens (including phenoxy) is 2. The maximum Gasteiger partial charge on any atom is 0.161 e. The average molecular weight is 236 g/mol. The number of hydrogen-bond donors (Lipinski definition) is 2. The molecule has 0 aromatic heterocycles. The highest BCUT2D eigenvalue weighted by atomic mass is 16.6. The molecule has 94 valence electrons. The van der Waals surface area contributed by atoms with Crippen LogP contribution in [0.2, 0.25) is 0 Å². The Labute approximate surface area is 102 Å². The molecule has 2 N–H and O–H groups in total. The third-order valence-electron chi connectivity index (χ3n) is 2.67. The van der Waals surface area contributed by atoms with Crippen LogP contribution < -0.4 is 20.1 Å². The van der Waals surface area contributed by atoms with E-state index in [1.807, 2.05) is 24.3 Å². The molecule has 1 unspecified atom stereocenters. The van der Waals surface area contributed by atoms with Crippen LogP contribution in [0.4, 0.5) is 0 Å². The van der Waals surface area contributed by atoms with Crippen LogP contribution >= 0.6 is 0 Å². The molecule has 0 spiro atoms. The first-order valence-corrected chi connectivity index (χ1v) is 6.20. The molecule has 17 heavy (non-hydrogen) atoms. The van der Waals surface area contributed by atoms with E-state index in [1.54, 1.807) is 0 Å². The molecule has 0 bridgehead atoms. The van der Waals surface area contributed by atoms with Crippen LogP contribution in [0.5, 0.6) is 11.5 Å². The first-order valence-electron chi connectivity index (χ1n) is 6.20. The molecular formula is C13H20N2O2. The van der Waals surface area contributed by atoms with Crippen LogP contribution in [0, 0.1) is 0 Å². The molecule has 1 aromatic carbocycles. The van der Waals surface area contributed by atoms with Crippen LogP contribution in [0.15, 0.2) is 24.3 Å². The molecule has 0 saturated carbocycles. The summed E-state index contributed by atoms with van der Waals surface area (Å²) in [4.78, 5) is 0. The van der Waals surface area contributed by atoms with Gasteiger partial charge in [0.2, 0.25) is 0 Å². The Morgan fingerprint density at radius 3 is 2.76 bits per heavy atom. The van der Waals surface area contributed by atoms with Crippen molar-refractivity contribution in [1.29, 1.82) is 0 Å². The van der Waals surface area contributed by atoms with Gasteiger partial charge in [-0.15, -0.1) is 0 Å². The fourth-order valence-corrected chi connectivity index (χ4v) is 1.78. The van der Waals surface area contributed by atoms with Crippen molar-refractivity contribution in [2.75, 3.05) is 32.8 Å². The standard InChI is InChI=1S/C13H20N2O2/c1-2-14-7-8-15-9-11-10-16-12-5-3-4-6-13(12)17-11/h3-6,11,14-15H,2,7-10H2,1H3. The molecule has 1 aliphatic rings. The Morgan fingerprint density at radius 2 is 1.94 bits per heavy atom. The van der Waals surface area contributed by atoms with Crippen molar-refractivity contribution >= 4 is 0 Å². The summed E-state index contributed by atoms with van der Waals surface area (Å²) in [6, 6.07) is 7.80. The summed E-state index contributed by atoms with van der Waals surface area (Å²) in [7, 11) is 0. The quantitative estimate of drug-likeness (QED) is 0.724. The fourth-order valence-electron chi connectivity index (χ4n) is 1.78. The van der Waals surface area contributed by atoms with Crippen molar-refractivity contribution in [2.24, 2.45) is 0 Å². The minimum atomic E-state index is 0.103. The van der Waals surface area contributed by atoms with Crippen LogP contribution in [-0.4, -0.2) is 38.9 Å². The summed E-state index contributed by atoms with van der Waals surface area (Å²) < 4.78 is 11.5. The molecule has 1 aromatic rings. The van der Waals surface area contributed by atoms with E-state index in [2.05, 4.69) is 17.6 Å². The van der Waals surface area contributed by atoms with Crippen LogP contribution in [0.1, 0.15) is 6.92 Å². The van der Waals surface area contributed by atoms with E-state index in [-0.39, 0.29) is 6.10 Å². The van der Waals surface area contributed by atoms with Crippen LogP contribution in [0.3, 0.4) is 0 Å². The summed E-state index contributed by atoms with van der Waals surface area (Å²) in [5, 5.41) is 6.62. The van der Waals surface area contributed by atoms with Gasteiger partial charge in [-0.1, -0.05) is 19.1 Å². The molecule has 0 amide bonds. The Balaban J connectivity index is 1.71. The minimum Gasteiger partial charge on any atom is -0.486 e. The normalized spacial score (nSPS) is 18.1. The molecule has 0 fully saturated rings. The Morgan fingerprint density at radius 1 is 1.18 bits per heavy atom. The van der Waals surface area contributed by atoms with Crippen molar-refractivity contribution in [3.8, 4) is 11.5 Å². The second-order valence-electron chi connectivity index (χ2n) is 4.06. The lowest BCUT2D eigenvalue weighted by Gasteiger charge is -2.26. The van der Waals surface area contributed by atoms with Crippen molar-refractivity contribution in [3.63, 3.8) is 0 Å². The largest absolute Gasteiger partial charge is 0.486 e. The van der Waals surface area contributed by atoms with E-state index < -0.39 is 0 Å². The number of nitrogens with one attached hydrogen (secondary N) is 2. The summed E-state index contributed by atoms with van der Waals surface area (Å²) >= 11 is 0. The predicted molar refractivity (Wildman–Crippen MR) is 67.8 cm³/mol. The van der Waals surface area contributed by atoms with E-state index >= 15 is 0 Å². The van der Waals surface area contributed by atoms with E-state index in [9.17, 15) is 0 Å². The van der Waals surface area contributed by atoms with Gasteiger partial charge in [0.15, 0.2) is 11.5 Å². The van der Waals surface area contributed by atoms with Gasteiger partial charge in [-0.05, 0) is 18.7 Å². The second kappa shape index (κ2) is 6.47. The third kappa shape index (κ3) is 3.61. The highest BCUT2D eigenvalue weighted by molar-refractivity contribution is 5.40. The highest BCUT2D eigenvalue weighted by Crippen LogP contribution is 2.30. The number of likely N-dealkylation sites (N-methyl/N-ethyl adjacent to an activating group) is 1. The molecule has 4 nitrogen and oxygen atoms in total. The maximum atomic E-state index is 5.83. The van der Waals surface area contributed by atoms with Crippen molar-refractivity contribution in [2.45, 2.75) is 13.0 Å². The molecule has 1 atom stereocenters. The maximum absolute atomic E-state index is 5.83. The van der Waals surface area contributed by atoms with Gasteiger partial charge < -0.3 is 20.1 Å². The zero-order valence-electron chi connectivity index (χ0n) is 10.2. The third-order valence-corrected chi connectivity index (χ3v) is 2.67. The zero-order chi connectivity index (χ0) is 11.9. The lowest BCUT2D eigenvalue weighted by atomic mass is 10.2. The SMILES string of the molecule is CCNCCNCC1COc2ccccc2O1. The van der Waals surface area contributed by atoms with E-state index in [4.69, 9.17) is 9.47 Å². The molecular weight excluding hydrogens is 216 g/mol. The lowest BCUT2D eigenvalue weighted by Crippen LogP contribution is -2.40. The topological polar surface area (TPSA) is 42.5 Å². The zero-order valence-corrected chi connectivity index (χ0v) is 10.2.